The van der Waals surface area contributed by atoms with Crippen LogP contribution in [-0.2, 0) is 4.79 Å². The molecule has 1 aromatic carbocycles. The molecule has 3 rings (SSSR count). The van der Waals surface area contributed by atoms with Gasteiger partial charge in [0.05, 0.1) is 5.92 Å². The van der Waals surface area contributed by atoms with E-state index in [1.165, 1.54) is 23.1 Å². The first-order chi connectivity index (χ1) is 10.8. The zero-order chi connectivity index (χ0) is 16.6. The molecule has 0 aromatic heterocycles. The first kappa shape index (κ1) is 15.3. The number of ether oxygens (including phenoxy) is 2. The van der Waals surface area contributed by atoms with Crippen molar-refractivity contribution in [2.75, 3.05) is 18.4 Å². The van der Waals surface area contributed by atoms with E-state index < -0.39 is 24.2 Å². The Morgan fingerprint density at radius 2 is 2.04 bits per heavy atom. The van der Waals surface area contributed by atoms with Crippen molar-refractivity contribution in [2.24, 2.45) is 5.92 Å². The van der Waals surface area contributed by atoms with E-state index in [4.69, 9.17) is 5.11 Å². The van der Waals surface area contributed by atoms with E-state index in [0.717, 1.165) is 0 Å². The third kappa shape index (κ3) is 3.27. The van der Waals surface area contributed by atoms with Gasteiger partial charge in [0.25, 0.3) is 0 Å². The summed E-state index contributed by atoms with van der Waals surface area (Å²) in [6.07, 6.45) is -2.59. The Balaban J connectivity index is 1.66. The summed E-state index contributed by atoms with van der Waals surface area (Å²) in [7, 11) is 0. The summed E-state index contributed by atoms with van der Waals surface area (Å²) < 4.78 is 34.5. The van der Waals surface area contributed by atoms with Crippen molar-refractivity contribution in [3.63, 3.8) is 0 Å². The van der Waals surface area contributed by atoms with E-state index in [2.05, 4.69) is 14.8 Å². The molecule has 0 bridgehead atoms. The first-order valence-corrected chi connectivity index (χ1v) is 7.03. The molecule has 2 N–H and O–H groups in total. The van der Waals surface area contributed by atoms with Gasteiger partial charge in [0, 0.05) is 24.8 Å². The van der Waals surface area contributed by atoms with Gasteiger partial charge in [-0.2, -0.15) is 0 Å². The molecule has 2 amide bonds. The van der Waals surface area contributed by atoms with Crippen molar-refractivity contribution in [2.45, 2.75) is 19.1 Å². The number of alkyl halides is 2. The summed E-state index contributed by atoms with van der Waals surface area (Å²) in [4.78, 5) is 24.6. The standard InChI is InChI=1S/C14H14F2N2O5/c15-14(16)22-10-4-3-9(6-11(10)23-14)17-13(21)18-5-1-2-8(7-18)12(19)20/h3-4,6,8H,1-2,5,7H2,(H,17,21)(H,19,20). The lowest BCUT2D eigenvalue weighted by Crippen LogP contribution is -2.44. The molecule has 2 aliphatic heterocycles. The molecule has 0 spiro atoms. The summed E-state index contributed by atoms with van der Waals surface area (Å²) in [5, 5.41) is 11.6. The predicted octanol–water partition coefficient (Wildman–Crippen LogP) is 2.34. The SMILES string of the molecule is O=C(O)C1CCCN(C(=O)Nc2ccc3c(c2)OC(F)(F)O3)C1. The van der Waals surface area contributed by atoms with E-state index in [9.17, 15) is 18.4 Å². The van der Waals surface area contributed by atoms with Crippen molar-refractivity contribution in [3.05, 3.63) is 18.2 Å². The Morgan fingerprint density at radius 1 is 1.30 bits per heavy atom. The van der Waals surface area contributed by atoms with E-state index in [1.807, 2.05) is 0 Å². The highest BCUT2D eigenvalue weighted by atomic mass is 19.3. The van der Waals surface area contributed by atoms with Crippen LogP contribution in [0.2, 0.25) is 0 Å². The highest BCUT2D eigenvalue weighted by Gasteiger charge is 2.43. The summed E-state index contributed by atoms with van der Waals surface area (Å²) in [6.45, 7) is 0.558. The zero-order valence-electron chi connectivity index (χ0n) is 11.9. The topological polar surface area (TPSA) is 88.1 Å². The highest BCUT2D eigenvalue weighted by Crippen LogP contribution is 2.42. The molecule has 1 atom stereocenters. The second-order valence-corrected chi connectivity index (χ2v) is 5.38. The van der Waals surface area contributed by atoms with Crippen LogP contribution in [0.1, 0.15) is 12.8 Å². The van der Waals surface area contributed by atoms with Crippen LogP contribution in [0, 0.1) is 5.92 Å². The van der Waals surface area contributed by atoms with Gasteiger partial charge in [-0.25, -0.2) is 4.79 Å². The number of hydrogen-bond acceptors (Lipinski definition) is 4. The molecule has 0 radical (unpaired) electrons. The Hall–Kier alpha value is -2.58. The summed E-state index contributed by atoms with van der Waals surface area (Å²) in [5.74, 6) is -1.82. The monoisotopic (exact) mass is 328 g/mol. The number of amides is 2. The second kappa shape index (κ2) is 5.56. The van der Waals surface area contributed by atoms with Gasteiger partial charge < -0.3 is 24.8 Å². The maximum atomic E-state index is 12.9. The number of carboxylic acid groups (broad SMARTS) is 1. The first-order valence-electron chi connectivity index (χ1n) is 7.03. The number of urea groups is 1. The molecular weight excluding hydrogens is 314 g/mol. The molecule has 23 heavy (non-hydrogen) atoms. The number of carbonyl (C=O) groups excluding carboxylic acids is 1. The van der Waals surface area contributed by atoms with E-state index in [0.29, 0.717) is 19.4 Å². The Kier molecular flexibility index (Phi) is 3.70. The van der Waals surface area contributed by atoms with Gasteiger partial charge >= 0.3 is 18.3 Å². The van der Waals surface area contributed by atoms with Crippen LogP contribution in [0.25, 0.3) is 0 Å². The molecule has 1 saturated heterocycles. The largest absolute Gasteiger partial charge is 0.586 e. The summed E-state index contributed by atoms with van der Waals surface area (Å²) in [6, 6.07) is 3.41. The fraction of sp³-hybridized carbons (Fsp3) is 0.429. The Morgan fingerprint density at radius 3 is 2.78 bits per heavy atom. The van der Waals surface area contributed by atoms with E-state index in [-0.39, 0.29) is 23.7 Å². The maximum Gasteiger partial charge on any atom is 0.586 e. The number of carbonyl (C=O) groups is 2. The molecule has 9 heteroatoms. The number of piperidine rings is 1. The summed E-state index contributed by atoms with van der Waals surface area (Å²) in [5.41, 5.74) is 0.257. The number of aliphatic carboxylic acids is 1. The number of rotatable bonds is 2. The number of benzene rings is 1. The lowest BCUT2D eigenvalue weighted by molar-refractivity contribution is -0.286. The van der Waals surface area contributed by atoms with Gasteiger partial charge in [0.2, 0.25) is 0 Å². The van der Waals surface area contributed by atoms with Gasteiger partial charge in [-0.15, -0.1) is 8.78 Å². The highest BCUT2D eigenvalue weighted by molar-refractivity contribution is 5.90. The quantitative estimate of drug-likeness (QED) is 0.870. The lowest BCUT2D eigenvalue weighted by atomic mass is 9.99. The number of halogens is 2. The van der Waals surface area contributed by atoms with Crippen molar-refractivity contribution in [3.8, 4) is 11.5 Å². The van der Waals surface area contributed by atoms with Crippen LogP contribution in [-0.4, -0.2) is 41.4 Å². The molecular formula is C14H14F2N2O5. The molecule has 1 aromatic rings. The molecule has 124 valence electrons. The van der Waals surface area contributed by atoms with Crippen molar-refractivity contribution in [1.82, 2.24) is 4.90 Å². The number of nitrogens with one attached hydrogen (secondary N) is 1. The maximum absolute atomic E-state index is 12.9. The minimum absolute atomic E-state index is 0.114. The Labute approximate surface area is 129 Å². The minimum atomic E-state index is -3.72. The molecule has 1 unspecified atom stereocenters. The number of anilines is 1. The molecule has 0 saturated carbocycles. The van der Waals surface area contributed by atoms with Crippen molar-refractivity contribution >= 4 is 17.7 Å². The van der Waals surface area contributed by atoms with Gasteiger partial charge in [-0.1, -0.05) is 0 Å². The van der Waals surface area contributed by atoms with E-state index in [1.54, 1.807) is 0 Å². The van der Waals surface area contributed by atoms with E-state index >= 15 is 0 Å². The average molecular weight is 328 g/mol. The number of nitrogens with zero attached hydrogens (tertiary/aromatic N) is 1. The van der Waals surface area contributed by atoms with Crippen LogP contribution in [0.4, 0.5) is 19.3 Å². The van der Waals surface area contributed by atoms with Crippen LogP contribution in [0.5, 0.6) is 11.5 Å². The minimum Gasteiger partial charge on any atom is -0.481 e. The molecule has 0 aliphatic carbocycles. The lowest BCUT2D eigenvalue weighted by Gasteiger charge is -2.30. The van der Waals surface area contributed by atoms with Gasteiger partial charge in [0.1, 0.15) is 0 Å². The van der Waals surface area contributed by atoms with Crippen LogP contribution in [0.3, 0.4) is 0 Å². The number of hydrogen-bond donors (Lipinski definition) is 2. The fourth-order valence-corrected chi connectivity index (χ4v) is 2.59. The normalized spacial score (nSPS) is 21.8. The Bertz CT molecular complexity index is 652. The third-order valence-corrected chi connectivity index (χ3v) is 3.71. The van der Waals surface area contributed by atoms with Crippen LogP contribution < -0.4 is 14.8 Å². The van der Waals surface area contributed by atoms with Crippen molar-refractivity contribution < 1.29 is 33.0 Å². The smallest absolute Gasteiger partial charge is 0.481 e. The molecule has 7 nitrogen and oxygen atoms in total. The van der Waals surface area contributed by atoms with Crippen LogP contribution >= 0.6 is 0 Å². The van der Waals surface area contributed by atoms with Gasteiger partial charge in [-0.3, -0.25) is 4.79 Å². The van der Waals surface area contributed by atoms with Crippen LogP contribution in [0.15, 0.2) is 18.2 Å². The third-order valence-electron chi connectivity index (χ3n) is 3.71. The second-order valence-electron chi connectivity index (χ2n) is 5.38. The molecule has 1 fully saturated rings. The molecule has 2 heterocycles. The number of carboxylic acids is 1. The van der Waals surface area contributed by atoms with Gasteiger partial charge in [-0.05, 0) is 25.0 Å². The number of likely N-dealkylation sites (tertiary alicyclic amines) is 1. The van der Waals surface area contributed by atoms with Gasteiger partial charge in [0.15, 0.2) is 11.5 Å². The average Bonchev–Trinajstić information content (AvgIpc) is 2.80. The molecule has 2 aliphatic rings. The fourth-order valence-electron chi connectivity index (χ4n) is 2.59. The summed E-state index contributed by atoms with van der Waals surface area (Å²) >= 11 is 0. The van der Waals surface area contributed by atoms with Crippen molar-refractivity contribution in [1.29, 1.82) is 0 Å². The zero-order valence-corrected chi connectivity index (χ0v) is 11.9. The predicted molar refractivity (Wildman–Crippen MR) is 73.6 cm³/mol. The number of fused-ring (bicyclic) bond motifs is 1.